The maximum absolute atomic E-state index is 12.7. The minimum absolute atomic E-state index is 0.199. The Balaban J connectivity index is 2.60. The molecular weight excluding hydrogens is 347 g/mol. The van der Waals surface area contributed by atoms with E-state index in [1.807, 2.05) is 0 Å². The van der Waals surface area contributed by atoms with Gasteiger partial charge in [-0.3, -0.25) is 0 Å². The van der Waals surface area contributed by atoms with Crippen molar-refractivity contribution in [3.63, 3.8) is 0 Å². The third-order valence-electron chi connectivity index (χ3n) is 2.39. The molecule has 0 aliphatic rings. The molecule has 0 aliphatic heterocycles. The van der Waals surface area contributed by atoms with Gasteiger partial charge in [-0.1, -0.05) is 5.16 Å². The molecule has 1 aromatic heterocycles. The molecule has 1 aromatic carbocycles. The smallest absolute Gasteiger partial charge is 0.416 e. The molecule has 2 aromatic rings. The lowest BCUT2D eigenvalue weighted by Gasteiger charge is -2.10. The van der Waals surface area contributed by atoms with Crippen molar-refractivity contribution in [3.05, 3.63) is 33.9 Å². The first-order valence-electron chi connectivity index (χ1n) is 5.00. The van der Waals surface area contributed by atoms with E-state index in [0.29, 0.717) is 12.1 Å². The molecule has 0 radical (unpaired) electrons. The normalized spacial score (nSPS) is 11.6. The van der Waals surface area contributed by atoms with Crippen LogP contribution in [-0.4, -0.2) is 21.3 Å². The van der Waals surface area contributed by atoms with Gasteiger partial charge >= 0.3 is 12.1 Å². The van der Waals surface area contributed by atoms with E-state index in [9.17, 15) is 23.1 Å². The summed E-state index contributed by atoms with van der Waals surface area (Å²) in [5.74, 6) is -2.19. The Hall–Kier alpha value is -2.03. The van der Waals surface area contributed by atoms with Gasteiger partial charge < -0.3 is 14.7 Å². The second-order valence-corrected chi connectivity index (χ2v) is 4.59. The van der Waals surface area contributed by atoms with Crippen molar-refractivity contribution >= 4 is 21.9 Å². The van der Waals surface area contributed by atoms with Crippen molar-refractivity contribution in [2.75, 3.05) is 0 Å². The third kappa shape index (κ3) is 2.62. The first-order valence-corrected chi connectivity index (χ1v) is 5.79. The predicted octanol–water partition coefficient (Wildman–Crippen LogP) is 3.53. The van der Waals surface area contributed by atoms with Crippen LogP contribution in [0.3, 0.4) is 0 Å². The summed E-state index contributed by atoms with van der Waals surface area (Å²) in [6, 6.07) is 2.27. The first kappa shape index (κ1) is 14.4. The molecule has 106 valence electrons. The van der Waals surface area contributed by atoms with Crippen LogP contribution in [0, 0.1) is 0 Å². The summed E-state index contributed by atoms with van der Waals surface area (Å²) < 4.78 is 42.5. The van der Waals surface area contributed by atoms with Crippen molar-refractivity contribution < 1.29 is 32.7 Å². The van der Waals surface area contributed by atoms with E-state index in [4.69, 9.17) is 5.11 Å². The number of phenols is 1. The maximum Gasteiger partial charge on any atom is 0.416 e. The molecule has 0 unspecified atom stereocenters. The molecule has 9 heteroatoms. The van der Waals surface area contributed by atoms with E-state index in [1.165, 1.54) is 0 Å². The molecule has 0 saturated carbocycles. The number of aromatic hydroxyl groups is 1. The van der Waals surface area contributed by atoms with Gasteiger partial charge in [0.05, 0.1) is 15.6 Å². The van der Waals surface area contributed by atoms with E-state index in [0.717, 1.165) is 6.07 Å². The van der Waals surface area contributed by atoms with Gasteiger partial charge in [-0.25, -0.2) is 4.79 Å². The van der Waals surface area contributed by atoms with Gasteiger partial charge in [0.2, 0.25) is 0 Å². The number of hydrogen-bond donors (Lipinski definition) is 2. The number of benzene rings is 1. The number of carboxylic acids is 1. The van der Waals surface area contributed by atoms with Crippen molar-refractivity contribution in [2.24, 2.45) is 0 Å². The van der Waals surface area contributed by atoms with Crippen LogP contribution in [0.4, 0.5) is 13.2 Å². The number of halogens is 4. The van der Waals surface area contributed by atoms with Crippen LogP contribution in [0.2, 0.25) is 0 Å². The Morgan fingerprint density at radius 1 is 1.30 bits per heavy atom. The zero-order valence-corrected chi connectivity index (χ0v) is 11.0. The number of phenolic OH excluding ortho intramolecular Hbond substituents is 1. The topological polar surface area (TPSA) is 83.6 Å². The number of nitrogens with zero attached hydrogens (tertiary/aromatic N) is 1. The molecule has 1 heterocycles. The summed E-state index contributed by atoms with van der Waals surface area (Å²) in [5, 5.41) is 21.6. The standard InChI is InChI=1S/C11H5BrF3NO4/c12-6-2-4(11(13,14)15)1-5(9(6)17)8-3-7(10(18)19)16-20-8/h1-3,17H,(H,18,19). The van der Waals surface area contributed by atoms with Gasteiger partial charge in [-0.15, -0.1) is 0 Å². The number of aromatic carboxylic acids is 1. The summed E-state index contributed by atoms with van der Waals surface area (Å²) in [6.07, 6.45) is -4.62. The SMILES string of the molecule is O=C(O)c1cc(-c2cc(C(F)(F)F)cc(Br)c2O)on1. The van der Waals surface area contributed by atoms with Crippen LogP contribution in [0.5, 0.6) is 5.75 Å². The second kappa shape index (κ2) is 4.82. The average Bonchev–Trinajstić information content (AvgIpc) is 2.80. The molecule has 0 bridgehead atoms. The van der Waals surface area contributed by atoms with E-state index in [2.05, 4.69) is 25.6 Å². The van der Waals surface area contributed by atoms with Crippen LogP contribution in [0.15, 0.2) is 27.2 Å². The summed E-state index contributed by atoms with van der Waals surface area (Å²) >= 11 is 2.79. The van der Waals surface area contributed by atoms with E-state index in [1.54, 1.807) is 0 Å². The largest absolute Gasteiger partial charge is 0.506 e. The number of hydrogen-bond acceptors (Lipinski definition) is 4. The minimum atomic E-state index is -4.62. The zero-order valence-electron chi connectivity index (χ0n) is 9.40. The molecule has 0 fully saturated rings. The van der Waals surface area contributed by atoms with Gasteiger partial charge in [0.1, 0.15) is 5.75 Å². The molecular formula is C11H5BrF3NO4. The highest BCUT2D eigenvalue weighted by Crippen LogP contribution is 2.41. The number of aromatic nitrogens is 1. The highest BCUT2D eigenvalue weighted by atomic mass is 79.9. The van der Waals surface area contributed by atoms with Crippen molar-refractivity contribution in [3.8, 4) is 17.1 Å². The quantitative estimate of drug-likeness (QED) is 0.864. The van der Waals surface area contributed by atoms with E-state index < -0.39 is 29.2 Å². The summed E-state index contributed by atoms with van der Waals surface area (Å²) in [6.45, 7) is 0. The maximum atomic E-state index is 12.7. The minimum Gasteiger partial charge on any atom is -0.506 e. The third-order valence-corrected chi connectivity index (χ3v) is 2.99. The monoisotopic (exact) mass is 351 g/mol. The van der Waals surface area contributed by atoms with Crippen LogP contribution in [0.25, 0.3) is 11.3 Å². The predicted molar refractivity (Wildman–Crippen MR) is 63.3 cm³/mol. The number of rotatable bonds is 2. The molecule has 0 spiro atoms. The summed E-state index contributed by atoms with van der Waals surface area (Å²) in [5.41, 5.74) is -1.81. The number of carboxylic acid groups (broad SMARTS) is 1. The first-order chi connectivity index (χ1) is 9.20. The Morgan fingerprint density at radius 2 is 1.95 bits per heavy atom. The lowest BCUT2D eigenvalue weighted by Crippen LogP contribution is -2.05. The lowest BCUT2D eigenvalue weighted by molar-refractivity contribution is -0.137. The zero-order chi connectivity index (χ0) is 15.1. The summed E-state index contributed by atoms with van der Waals surface area (Å²) in [7, 11) is 0. The van der Waals surface area contributed by atoms with Gasteiger partial charge in [0, 0.05) is 6.07 Å². The lowest BCUT2D eigenvalue weighted by atomic mass is 10.1. The van der Waals surface area contributed by atoms with Gasteiger partial charge in [0.15, 0.2) is 11.5 Å². The molecule has 0 saturated heterocycles. The molecule has 0 amide bonds. The molecule has 0 atom stereocenters. The van der Waals surface area contributed by atoms with Crippen LogP contribution >= 0.6 is 15.9 Å². The highest BCUT2D eigenvalue weighted by molar-refractivity contribution is 9.10. The Kier molecular flexibility index (Phi) is 3.46. The summed E-state index contributed by atoms with van der Waals surface area (Å²) in [4.78, 5) is 10.6. The van der Waals surface area contributed by atoms with E-state index in [-0.39, 0.29) is 15.8 Å². The molecule has 0 aliphatic carbocycles. The van der Waals surface area contributed by atoms with E-state index >= 15 is 0 Å². The van der Waals surface area contributed by atoms with Crippen LogP contribution in [0.1, 0.15) is 16.1 Å². The molecule has 2 N–H and O–H groups in total. The molecule has 2 rings (SSSR count). The van der Waals surface area contributed by atoms with Crippen LogP contribution < -0.4 is 0 Å². The fourth-order valence-corrected chi connectivity index (χ4v) is 1.91. The second-order valence-electron chi connectivity index (χ2n) is 3.73. The molecule has 5 nitrogen and oxygen atoms in total. The fourth-order valence-electron chi connectivity index (χ4n) is 1.45. The molecule has 20 heavy (non-hydrogen) atoms. The van der Waals surface area contributed by atoms with Gasteiger partial charge in [-0.2, -0.15) is 13.2 Å². The number of alkyl halides is 3. The Morgan fingerprint density at radius 3 is 2.45 bits per heavy atom. The Labute approximate surface area is 117 Å². The van der Waals surface area contributed by atoms with Crippen LogP contribution in [-0.2, 0) is 6.18 Å². The number of carbonyl (C=O) groups is 1. The van der Waals surface area contributed by atoms with Crippen molar-refractivity contribution in [2.45, 2.75) is 6.18 Å². The fraction of sp³-hybridized carbons (Fsp3) is 0.0909. The average molecular weight is 352 g/mol. The van der Waals surface area contributed by atoms with Gasteiger partial charge in [-0.05, 0) is 28.1 Å². The van der Waals surface area contributed by atoms with Gasteiger partial charge in [0.25, 0.3) is 0 Å². The van der Waals surface area contributed by atoms with Crippen molar-refractivity contribution in [1.82, 2.24) is 5.16 Å². The Bertz CT molecular complexity index is 681. The highest BCUT2D eigenvalue weighted by Gasteiger charge is 2.32. The van der Waals surface area contributed by atoms with Crippen molar-refractivity contribution in [1.29, 1.82) is 0 Å².